The average Bonchev–Trinajstić information content (AvgIpc) is 2.52. The van der Waals surface area contributed by atoms with E-state index in [9.17, 15) is 19.3 Å². The van der Waals surface area contributed by atoms with Crippen LogP contribution in [0, 0.1) is 10.1 Å². The quantitative estimate of drug-likeness (QED) is 0.480. The molecule has 0 N–H and O–H groups in total. The van der Waals surface area contributed by atoms with Gasteiger partial charge in [-0.25, -0.2) is 9.18 Å². The van der Waals surface area contributed by atoms with E-state index in [0.29, 0.717) is 4.90 Å². The highest BCUT2D eigenvalue weighted by atomic mass is 32.1. The summed E-state index contributed by atoms with van der Waals surface area (Å²) in [6.45, 7) is 5.39. The average molecular weight is 386 g/mol. The number of rotatable bonds is 4. The third-order valence-corrected chi connectivity index (χ3v) is 4.21. The Morgan fingerprint density at radius 1 is 1.38 bits per heavy atom. The third-order valence-electron chi connectivity index (χ3n) is 3.94. The Bertz CT molecular complexity index is 684. The molecule has 1 aromatic carbocycles. The number of nitro groups is 1. The maximum Gasteiger partial charge on any atom is 0.410 e. The molecule has 2 rings (SSSR count). The molecule has 0 radical (unpaired) electrons. The summed E-state index contributed by atoms with van der Waals surface area (Å²) in [4.78, 5) is 24.4. The highest BCUT2D eigenvalue weighted by Gasteiger charge is 2.38. The molecule has 1 aromatic rings. The molecule has 144 valence electrons. The number of piperidine rings is 1. The molecule has 1 heterocycles. The Kier molecular flexibility index (Phi) is 6.00. The zero-order valence-corrected chi connectivity index (χ0v) is 15.9. The first kappa shape index (κ1) is 20.3. The summed E-state index contributed by atoms with van der Waals surface area (Å²) in [6, 6.07) is 4.20. The molecular weight excluding hydrogens is 363 g/mol. The summed E-state index contributed by atoms with van der Waals surface area (Å²) >= 11 is 4.06. The van der Waals surface area contributed by atoms with Gasteiger partial charge in [0.1, 0.15) is 17.9 Å². The van der Waals surface area contributed by atoms with Crippen LogP contribution in [0.5, 0.6) is 5.75 Å². The van der Waals surface area contributed by atoms with Gasteiger partial charge in [-0.3, -0.25) is 10.1 Å². The number of carbonyl (C=O) groups excluding carboxylic acids is 1. The molecule has 1 aliphatic rings. The highest BCUT2D eigenvalue weighted by molar-refractivity contribution is 7.80. The second-order valence-corrected chi connectivity index (χ2v) is 7.83. The number of nitro benzene ring substituents is 1. The van der Waals surface area contributed by atoms with Crippen LogP contribution in [-0.4, -0.2) is 46.9 Å². The molecular formula is C17H23FN2O5S. The summed E-state index contributed by atoms with van der Waals surface area (Å²) in [5.74, 6) is -0.000558. The molecule has 1 saturated heterocycles. The van der Waals surface area contributed by atoms with Crippen LogP contribution < -0.4 is 4.74 Å². The maximum atomic E-state index is 15.0. The molecule has 0 saturated carbocycles. The summed E-state index contributed by atoms with van der Waals surface area (Å²) in [6.07, 6.45) is -0.324. The van der Waals surface area contributed by atoms with Gasteiger partial charge in [-0.15, -0.1) is 12.6 Å². The zero-order valence-electron chi connectivity index (χ0n) is 15.0. The minimum atomic E-state index is -1.66. The Hall–Kier alpha value is -2.03. The number of benzene rings is 1. The van der Waals surface area contributed by atoms with Crippen molar-refractivity contribution in [2.24, 2.45) is 0 Å². The molecule has 0 aromatic heterocycles. The van der Waals surface area contributed by atoms with E-state index in [1.54, 1.807) is 26.8 Å². The lowest BCUT2D eigenvalue weighted by molar-refractivity contribution is -0.386. The number of ether oxygens (including phenoxy) is 2. The van der Waals surface area contributed by atoms with Crippen LogP contribution in [0.25, 0.3) is 0 Å². The van der Waals surface area contributed by atoms with E-state index in [0.717, 1.165) is 0 Å². The fourth-order valence-corrected chi connectivity index (χ4v) is 2.74. The van der Waals surface area contributed by atoms with Crippen LogP contribution in [0.3, 0.4) is 0 Å². The van der Waals surface area contributed by atoms with Crippen LogP contribution in [0.4, 0.5) is 14.9 Å². The van der Waals surface area contributed by atoms with Crippen molar-refractivity contribution in [2.75, 3.05) is 19.7 Å². The lowest BCUT2D eigenvalue weighted by Crippen LogP contribution is -2.48. The first-order valence-electron chi connectivity index (χ1n) is 8.26. The standard InChI is InChI=1S/C17H23FN2O5S/c1-16(2,3)25-15(21)19-8-6-17(18,7-9-19)11-24-14-5-4-12(26)10-13(14)20(22)23/h4-5,10,26H,6-9,11H2,1-3H3. The summed E-state index contributed by atoms with van der Waals surface area (Å²) < 4.78 is 25.6. The minimum absolute atomic E-state index is 0.000558. The van der Waals surface area contributed by atoms with Gasteiger partial charge in [0, 0.05) is 36.9 Å². The van der Waals surface area contributed by atoms with Gasteiger partial charge in [-0.1, -0.05) is 0 Å². The van der Waals surface area contributed by atoms with E-state index < -0.39 is 22.3 Å². The Balaban J connectivity index is 1.94. The summed E-state index contributed by atoms with van der Waals surface area (Å²) in [7, 11) is 0. The fourth-order valence-electron chi connectivity index (χ4n) is 2.54. The van der Waals surface area contributed by atoms with Gasteiger partial charge in [0.05, 0.1) is 4.92 Å². The number of hydrogen-bond acceptors (Lipinski definition) is 6. The van der Waals surface area contributed by atoms with Crippen LogP contribution >= 0.6 is 12.6 Å². The van der Waals surface area contributed by atoms with Crippen molar-refractivity contribution in [1.29, 1.82) is 0 Å². The molecule has 26 heavy (non-hydrogen) atoms. The van der Waals surface area contributed by atoms with Gasteiger partial charge >= 0.3 is 11.8 Å². The molecule has 1 amide bonds. The molecule has 0 bridgehead atoms. The first-order valence-corrected chi connectivity index (χ1v) is 8.71. The lowest BCUT2D eigenvalue weighted by atomic mass is 9.94. The van der Waals surface area contributed by atoms with Gasteiger partial charge < -0.3 is 14.4 Å². The fraction of sp³-hybridized carbons (Fsp3) is 0.588. The lowest BCUT2D eigenvalue weighted by Gasteiger charge is -2.36. The Morgan fingerprint density at radius 3 is 2.54 bits per heavy atom. The van der Waals surface area contributed by atoms with Crippen LogP contribution in [-0.2, 0) is 4.74 Å². The molecule has 1 fully saturated rings. The van der Waals surface area contributed by atoms with Crippen molar-refractivity contribution < 1.29 is 23.6 Å². The molecule has 0 unspecified atom stereocenters. The predicted molar refractivity (Wildman–Crippen MR) is 96.7 cm³/mol. The van der Waals surface area contributed by atoms with Crippen LogP contribution in [0.2, 0.25) is 0 Å². The van der Waals surface area contributed by atoms with E-state index in [4.69, 9.17) is 9.47 Å². The van der Waals surface area contributed by atoms with Gasteiger partial charge in [-0.05, 0) is 32.9 Å². The molecule has 7 nitrogen and oxygen atoms in total. The SMILES string of the molecule is CC(C)(C)OC(=O)N1CCC(F)(COc2ccc(S)cc2[N+](=O)[O-])CC1. The second-order valence-electron chi connectivity index (χ2n) is 7.32. The van der Waals surface area contributed by atoms with E-state index in [1.807, 2.05) is 0 Å². The number of nitrogens with zero attached hydrogens (tertiary/aromatic N) is 2. The number of thiol groups is 1. The largest absolute Gasteiger partial charge is 0.483 e. The van der Waals surface area contributed by atoms with Crippen molar-refractivity contribution in [2.45, 2.75) is 49.8 Å². The predicted octanol–water partition coefficient (Wildman–Crippen LogP) is 4.00. The molecule has 1 aliphatic heterocycles. The van der Waals surface area contributed by atoms with E-state index in [-0.39, 0.29) is 44.0 Å². The van der Waals surface area contributed by atoms with Crippen molar-refractivity contribution in [3.05, 3.63) is 28.3 Å². The van der Waals surface area contributed by atoms with Gasteiger partial charge in [-0.2, -0.15) is 0 Å². The number of likely N-dealkylation sites (tertiary alicyclic amines) is 1. The number of alkyl halides is 1. The normalized spacial score (nSPS) is 16.9. The number of hydrogen-bond donors (Lipinski definition) is 1. The number of amides is 1. The van der Waals surface area contributed by atoms with Gasteiger partial charge in [0.2, 0.25) is 0 Å². The van der Waals surface area contributed by atoms with Crippen molar-refractivity contribution in [3.63, 3.8) is 0 Å². The number of carbonyl (C=O) groups is 1. The highest BCUT2D eigenvalue weighted by Crippen LogP contribution is 2.33. The first-order chi connectivity index (χ1) is 12.0. The Labute approximate surface area is 157 Å². The number of halogens is 1. The van der Waals surface area contributed by atoms with E-state index in [2.05, 4.69) is 12.6 Å². The second kappa shape index (κ2) is 7.69. The third kappa shape index (κ3) is 5.48. The molecule has 0 spiro atoms. The van der Waals surface area contributed by atoms with E-state index in [1.165, 1.54) is 17.0 Å². The summed E-state index contributed by atoms with van der Waals surface area (Å²) in [5, 5.41) is 11.1. The van der Waals surface area contributed by atoms with Gasteiger partial charge in [0.25, 0.3) is 0 Å². The smallest absolute Gasteiger partial charge is 0.410 e. The van der Waals surface area contributed by atoms with Crippen molar-refractivity contribution in [1.82, 2.24) is 4.90 Å². The zero-order chi connectivity index (χ0) is 19.5. The minimum Gasteiger partial charge on any atom is -0.483 e. The monoisotopic (exact) mass is 386 g/mol. The maximum absolute atomic E-state index is 15.0. The van der Waals surface area contributed by atoms with E-state index >= 15 is 0 Å². The van der Waals surface area contributed by atoms with Crippen LogP contribution in [0.1, 0.15) is 33.6 Å². The molecule has 0 atom stereocenters. The summed E-state index contributed by atoms with van der Waals surface area (Å²) in [5.41, 5.74) is -2.53. The van der Waals surface area contributed by atoms with Gasteiger partial charge in [0.15, 0.2) is 5.75 Å². The molecule has 0 aliphatic carbocycles. The van der Waals surface area contributed by atoms with Crippen molar-refractivity contribution >= 4 is 24.4 Å². The Morgan fingerprint density at radius 2 is 2.00 bits per heavy atom. The molecule has 9 heteroatoms. The van der Waals surface area contributed by atoms with Crippen LogP contribution in [0.15, 0.2) is 23.1 Å². The topological polar surface area (TPSA) is 81.9 Å². The van der Waals surface area contributed by atoms with Crippen molar-refractivity contribution in [3.8, 4) is 5.75 Å².